The first-order valence-corrected chi connectivity index (χ1v) is 5.58. The zero-order valence-corrected chi connectivity index (χ0v) is 10.1. The minimum atomic E-state index is -1.12. The van der Waals surface area contributed by atoms with Gasteiger partial charge in [-0.2, -0.15) is 0 Å². The lowest BCUT2D eigenvalue weighted by Crippen LogP contribution is -2.38. The normalized spacial score (nSPS) is 14.7. The topological polar surface area (TPSA) is 105 Å². The van der Waals surface area contributed by atoms with Crippen LogP contribution in [0.4, 0.5) is 5.69 Å². The number of carbonyl (C=O) groups is 3. The van der Waals surface area contributed by atoms with Crippen LogP contribution in [-0.2, 0) is 9.59 Å². The number of nitrogens with one attached hydrogen (secondary N) is 2. The Kier molecular flexibility index (Phi) is 3.37. The largest absolute Gasteiger partial charge is 0.482 e. The molecule has 7 heteroatoms. The van der Waals surface area contributed by atoms with Crippen LogP contribution in [0, 0.1) is 0 Å². The van der Waals surface area contributed by atoms with Crippen LogP contribution in [0.3, 0.4) is 0 Å². The molecule has 0 bridgehead atoms. The van der Waals surface area contributed by atoms with E-state index in [-0.39, 0.29) is 18.1 Å². The van der Waals surface area contributed by atoms with Gasteiger partial charge in [0.25, 0.3) is 11.8 Å². The molecule has 0 aliphatic carbocycles. The van der Waals surface area contributed by atoms with Gasteiger partial charge in [-0.25, -0.2) is 0 Å². The lowest BCUT2D eigenvalue weighted by molar-refractivity contribution is -0.138. The molecule has 1 aliphatic heterocycles. The first-order valence-electron chi connectivity index (χ1n) is 5.58. The summed E-state index contributed by atoms with van der Waals surface area (Å²) in [7, 11) is 0. The molecule has 7 nitrogen and oxygen atoms in total. The van der Waals surface area contributed by atoms with Gasteiger partial charge in [0.15, 0.2) is 6.61 Å². The molecule has 2 amide bonds. The molecular formula is C12H12N2O5. The molecule has 3 N–H and O–H groups in total. The fourth-order valence-corrected chi connectivity index (χ4v) is 1.56. The fraction of sp³-hybridized carbons (Fsp3) is 0.250. The first kappa shape index (κ1) is 12.9. The molecule has 0 saturated carbocycles. The average Bonchev–Trinajstić information content (AvgIpc) is 2.37. The highest BCUT2D eigenvalue weighted by atomic mass is 16.5. The lowest BCUT2D eigenvalue weighted by atomic mass is 10.1. The SMILES string of the molecule is C[C@H](NC(=O)c1ccc2c(c1)OCC(=O)N2)C(=O)O. The summed E-state index contributed by atoms with van der Waals surface area (Å²) >= 11 is 0. The summed E-state index contributed by atoms with van der Waals surface area (Å²) in [6.07, 6.45) is 0. The smallest absolute Gasteiger partial charge is 0.325 e. The highest BCUT2D eigenvalue weighted by Crippen LogP contribution is 2.28. The van der Waals surface area contributed by atoms with Gasteiger partial charge in [-0.05, 0) is 25.1 Å². The van der Waals surface area contributed by atoms with E-state index in [1.807, 2.05) is 0 Å². The van der Waals surface area contributed by atoms with E-state index in [4.69, 9.17) is 9.84 Å². The van der Waals surface area contributed by atoms with Crippen molar-refractivity contribution in [2.45, 2.75) is 13.0 Å². The third kappa shape index (κ3) is 2.82. The van der Waals surface area contributed by atoms with E-state index in [9.17, 15) is 14.4 Å². The third-order valence-corrected chi connectivity index (χ3v) is 2.59. The maximum absolute atomic E-state index is 11.8. The molecule has 0 unspecified atom stereocenters. The van der Waals surface area contributed by atoms with Gasteiger partial charge in [0.2, 0.25) is 0 Å². The van der Waals surface area contributed by atoms with Gasteiger partial charge in [-0.15, -0.1) is 0 Å². The Morgan fingerprint density at radius 3 is 2.89 bits per heavy atom. The van der Waals surface area contributed by atoms with Crippen LogP contribution in [0.15, 0.2) is 18.2 Å². The third-order valence-electron chi connectivity index (χ3n) is 2.59. The number of ether oxygens (including phenoxy) is 1. The van der Waals surface area contributed by atoms with Crippen LogP contribution in [0.25, 0.3) is 0 Å². The molecule has 0 saturated heterocycles. The minimum Gasteiger partial charge on any atom is -0.482 e. The van der Waals surface area contributed by atoms with Gasteiger partial charge in [0.05, 0.1) is 5.69 Å². The second-order valence-electron chi connectivity index (χ2n) is 4.08. The quantitative estimate of drug-likeness (QED) is 0.724. The molecule has 19 heavy (non-hydrogen) atoms. The van der Waals surface area contributed by atoms with Crippen molar-refractivity contribution in [3.8, 4) is 5.75 Å². The van der Waals surface area contributed by atoms with Crippen LogP contribution in [-0.4, -0.2) is 35.5 Å². The van der Waals surface area contributed by atoms with Crippen molar-refractivity contribution in [3.05, 3.63) is 23.8 Å². The average molecular weight is 264 g/mol. The highest BCUT2D eigenvalue weighted by molar-refractivity contribution is 6.00. The number of carboxylic acids is 1. The van der Waals surface area contributed by atoms with Gasteiger partial charge in [-0.3, -0.25) is 14.4 Å². The predicted octanol–water partition coefficient (Wildman–Crippen LogP) is 0.220. The second kappa shape index (κ2) is 4.97. The van der Waals surface area contributed by atoms with E-state index in [2.05, 4.69) is 10.6 Å². The molecule has 100 valence electrons. The molecule has 1 heterocycles. The lowest BCUT2D eigenvalue weighted by Gasteiger charge is -2.18. The Bertz CT molecular complexity index is 555. The van der Waals surface area contributed by atoms with Gasteiger partial charge in [-0.1, -0.05) is 0 Å². The van der Waals surface area contributed by atoms with Gasteiger partial charge >= 0.3 is 5.97 Å². The van der Waals surface area contributed by atoms with Crippen molar-refractivity contribution in [2.75, 3.05) is 11.9 Å². The molecule has 2 rings (SSSR count). The van der Waals surface area contributed by atoms with Crippen molar-refractivity contribution in [3.63, 3.8) is 0 Å². The van der Waals surface area contributed by atoms with E-state index in [1.54, 1.807) is 0 Å². The summed E-state index contributed by atoms with van der Waals surface area (Å²) in [5.41, 5.74) is 0.752. The Hall–Kier alpha value is -2.57. The molecule has 1 aromatic rings. The molecular weight excluding hydrogens is 252 g/mol. The van der Waals surface area contributed by atoms with Crippen LogP contribution in [0.1, 0.15) is 17.3 Å². The molecule has 1 aliphatic rings. The van der Waals surface area contributed by atoms with Crippen molar-refractivity contribution in [1.82, 2.24) is 5.32 Å². The van der Waals surface area contributed by atoms with E-state index in [0.717, 1.165) is 0 Å². The van der Waals surface area contributed by atoms with Crippen LogP contribution < -0.4 is 15.4 Å². The summed E-state index contributed by atoms with van der Waals surface area (Å²) < 4.78 is 5.17. The molecule has 0 radical (unpaired) electrons. The number of fused-ring (bicyclic) bond motifs is 1. The Morgan fingerprint density at radius 1 is 1.47 bits per heavy atom. The Labute approximate surface area is 108 Å². The summed E-state index contributed by atoms with van der Waals surface area (Å²) in [4.78, 5) is 33.5. The van der Waals surface area contributed by atoms with Gasteiger partial charge in [0, 0.05) is 5.56 Å². The van der Waals surface area contributed by atoms with Crippen LogP contribution >= 0.6 is 0 Å². The number of aliphatic carboxylic acids is 1. The molecule has 0 aromatic heterocycles. The minimum absolute atomic E-state index is 0.108. The van der Waals surface area contributed by atoms with E-state index < -0.39 is 17.9 Å². The van der Waals surface area contributed by atoms with Crippen molar-refractivity contribution < 1.29 is 24.2 Å². The number of benzene rings is 1. The number of hydrogen-bond donors (Lipinski definition) is 3. The number of anilines is 1. The summed E-state index contributed by atoms with van der Waals surface area (Å²) in [5.74, 6) is -1.51. The van der Waals surface area contributed by atoms with Gasteiger partial charge < -0.3 is 20.5 Å². The van der Waals surface area contributed by atoms with Crippen molar-refractivity contribution in [2.24, 2.45) is 0 Å². The van der Waals surface area contributed by atoms with E-state index >= 15 is 0 Å². The van der Waals surface area contributed by atoms with Gasteiger partial charge in [0.1, 0.15) is 11.8 Å². The molecule has 1 atom stereocenters. The summed E-state index contributed by atoms with van der Waals surface area (Å²) in [5, 5.41) is 13.6. The number of rotatable bonds is 3. The zero-order chi connectivity index (χ0) is 14.0. The fourth-order valence-electron chi connectivity index (χ4n) is 1.56. The second-order valence-corrected chi connectivity index (χ2v) is 4.08. The van der Waals surface area contributed by atoms with Crippen molar-refractivity contribution in [1.29, 1.82) is 0 Å². The summed E-state index contributed by atoms with van der Waals surface area (Å²) in [6, 6.07) is 3.49. The number of carbonyl (C=O) groups excluding carboxylic acids is 2. The first-order chi connectivity index (χ1) is 8.97. The maximum Gasteiger partial charge on any atom is 0.325 e. The highest BCUT2D eigenvalue weighted by Gasteiger charge is 2.19. The van der Waals surface area contributed by atoms with E-state index in [1.165, 1.54) is 25.1 Å². The predicted molar refractivity (Wildman–Crippen MR) is 65.1 cm³/mol. The number of hydrogen-bond acceptors (Lipinski definition) is 4. The Balaban J connectivity index is 2.16. The molecule has 1 aromatic carbocycles. The maximum atomic E-state index is 11.8. The van der Waals surface area contributed by atoms with E-state index in [0.29, 0.717) is 11.4 Å². The number of carboxylic acid groups (broad SMARTS) is 1. The van der Waals surface area contributed by atoms with Crippen molar-refractivity contribution >= 4 is 23.5 Å². The zero-order valence-electron chi connectivity index (χ0n) is 10.1. The molecule has 0 spiro atoms. The molecule has 0 fully saturated rings. The summed E-state index contributed by atoms with van der Waals surface area (Å²) in [6.45, 7) is 1.26. The number of amides is 2. The Morgan fingerprint density at radius 2 is 2.21 bits per heavy atom. The van der Waals surface area contributed by atoms with Crippen LogP contribution in [0.2, 0.25) is 0 Å². The monoisotopic (exact) mass is 264 g/mol. The standard InChI is InChI=1S/C12H12N2O5/c1-6(12(17)18)13-11(16)7-2-3-8-9(4-7)19-5-10(15)14-8/h2-4,6H,5H2,1H3,(H,13,16)(H,14,15)(H,17,18)/t6-/m0/s1. The van der Waals surface area contributed by atoms with Crippen LogP contribution in [0.5, 0.6) is 5.75 Å².